The Bertz CT molecular complexity index is 1550. The van der Waals surface area contributed by atoms with E-state index >= 15 is 0 Å². The van der Waals surface area contributed by atoms with Crippen molar-refractivity contribution in [3.63, 3.8) is 0 Å². The number of rotatable bonds is 9. The summed E-state index contributed by atoms with van der Waals surface area (Å²) in [4.78, 5) is 15.8. The highest BCUT2D eigenvalue weighted by molar-refractivity contribution is 5.76. The molecule has 4 aliphatic carbocycles. The third-order valence-electron chi connectivity index (χ3n) is 12.4. The summed E-state index contributed by atoms with van der Waals surface area (Å²) in [6.45, 7) is 3.71. The Morgan fingerprint density at radius 1 is 0.760 bits per heavy atom. The molecule has 4 saturated carbocycles. The van der Waals surface area contributed by atoms with Crippen LogP contribution < -0.4 is 10.6 Å². The first-order valence-electron chi connectivity index (χ1n) is 19.5. The van der Waals surface area contributed by atoms with Crippen molar-refractivity contribution < 1.29 is 19.4 Å². The van der Waals surface area contributed by atoms with Crippen LogP contribution in [0.25, 0.3) is 11.1 Å². The minimum atomic E-state index is -0.467. The molecule has 0 radical (unpaired) electrons. The first-order valence-corrected chi connectivity index (χ1v) is 19.5. The first kappa shape index (κ1) is 33.9. The molecule has 2 saturated heterocycles. The summed E-state index contributed by atoms with van der Waals surface area (Å²) in [5.74, 6) is 2.40. The molecule has 9 rings (SSSR count). The van der Waals surface area contributed by atoms with Gasteiger partial charge in [0.1, 0.15) is 0 Å². The van der Waals surface area contributed by atoms with Crippen molar-refractivity contribution >= 4 is 6.03 Å². The van der Waals surface area contributed by atoms with E-state index in [9.17, 15) is 9.90 Å². The van der Waals surface area contributed by atoms with Gasteiger partial charge in [-0.2, -0.15) is 0 Å². The number of ether oxygens (including phenoxy) is 2. The predicted octanol–water partition coefficient (Wildman–Crippen LogP) is 8.43. The highest BCUT2D eigenvalue weighted by atomic mass is 16.7. The van der Waals surface area contributed by atoms with Gasteiger partial charge in [0, 0.05) is 30.6 Å². The van der Waals surface area contributed by atoms with Crippen molar-refractivity contribution in [2.45, 2.75) is 114 Å². The molecule has 6 aliphatic rings. The van der Waals surface area contributed by atoms with Gasteiger partial charge in [0.2, 0.25) is 0 Å². The number of amides is 2. The van der Waals surface area contributed by atoms with E-state index in [0.717, 1.165) is 96.5 Å². The van der Waals surface area contributed by atoms with Gasteiger partial charge in [0.15, 0.2) is 6.29 Å². The van der Waals surface area contributed by atoms with E-state index in [4.69, 9.17) is 9.47 Å². The van der Waals surface area contributed by atoms with E-state index in [1.807, 2.05) is 12.1 Å². The summed E-state index contributed by atoms with van der Waals surface area (Å²) >= 11 is 0. The van der Waals surface area contributed by atoms with Gasteiger partial charge in [-0.25, -0.2) is 4.79 Å². The van der Waals surface area contributed by atoms with Gasteiger partial charge >= 0.3 is 6.03 Å². The number of likely N-dealkylation sites (tertiary alicyclic amines) is 1. The number of aliphatic hydroxyl groups excluding tert-OH is 1. The van der Waals surface area contributed by atoms with Crippen LogP contribution in [-0.2, 0) is 22.6 Å². The number of benzene rings is 3. The fourth-order valence-corrected chi connectivity index (χ4v) is 10.3. The molecule has 6 fully saturated rings. The van der Waals surface area contributed by atoms with Crippen LogP contribution in [0.3, 0.4) is 0 Å². The molecule has 50 heavy (non-hydrogen) atoms. The summed E-state index contributed by atoms with van der Waals surface area (Å²) in [5.41, 5.74) is 6.38. The zero-order valence-electron chi connectivity index (χ0n) is 29.5. The van der Waals surface area contributed by atoms with E-state index in [1.165, 1.54) is 51.4 Å². The minimum absolute atomic E-state index is 0.00475. The number of nitrogens with one attached hydrogen (secondary N) is 2. The first-order chi connectivity index (χ1) is 24.5. The Kier molecular flexibility index (Phi) is 10.3. The lowest BCUT2D eigenvalue weighted by Crippen LogP contribution is -2.61. The molecular weight excluding hydrogens is 622 g/mol. The highest BCUT2D eigenvalue weighted by Gasteiger charge is 2.51. The number of hydrogen-bond donors (Lipinski definition) is 3. The van der Waals surface area contributed by atoms with Crippen LogP contribution in [0.5, 0.6) is 0 Å². The molecule has 0 unspecified atom stereocenters. The molecule has 3 aromatic carbocycles. The Balaban J connectivity index is 0.946. The molecule has 3 N–H and O–H groups in total. The third-order valence-corrected chi connectivity index (χ3v) is 12.4. The maximum absolute atomic E-state index is 13.2. The maximum Gasteiger partial charge on any atom is 0.315 e. The second kappa shape index (κ2) is 15.2. The van der Waals surface area contributed by atoms with Crippen molar-refractivity contribution in [3.8, 4) is 11.1 Å². The van der Waals surface area contributed by atoms with Crippen LogP contribution in [0.1, 0.15) is 112 Å². The molecule has 2 amide bonds. The van der Waals surface area contributed by atoms with Gasteiger partial charge in [-0.15, -0.1) is 0 Å². The minimum Gasteiger partial charge on any atom is -0.392 e. The topological polar surface area (TPSA) is 83.1 Å². The highest BCUT2D eigenvalue weighted by Crippen LogP contribution is 2.55. The second-order valence-electron chi connectivity index (χ2n) is 16.2. The Morgan fingerprint density at radius 2 is 1.40 bits per heavy atom. The van der Waals surface area contributed by atoms with E-state index in [0.29, 0.717) is 6.54 Å². The van der Waals surface area contributed by atoms with E-state index in [1.54, 1.807) is 0 Å². The normalized spacial score (nSPS) is 31.1. The molecule has 4 bridgehead atoms. The van der Waals surface area contributed by atoms with Gasteiger partial charge in [0.05, 0.1) is 18.8 Å². The SMILES string of the molecule is O=C(NCc1ccccc1-c1ccc([C@H]2O[C@@H](CN3CCCCCCC3)C[C@@H](c3ccc(CO)cc3)O2)cc1)NC12CC3CC(CC(C3)C1)C2. The molecule has 2 aliphatic heterocycles. The fourth-order valence-electron chi connectivity index (χ4n) is 10.3. The molecular formula is C43H55N3O4. The average molecular weight is 678 g/mol. The Hall–Kier alpha value is -3.23. The van der Waals surface area contributed by atoms with Crippen molar-refractivity contribution in [1.82, 2.24) is 15.5 Å². The monoisotopic (exact) mass is 677 g/mol. The van der Waals surface area contributed by atoms with Crippen LogP contribution in [-0.4, -0.2) is 47.3 Å². The van der Waals surface area contributed by atoms with E-state index < -0.39 is 6.29 Å². The molecule has 0 spiro atoms. The van der Waals surface area contributed by atoms with E-state index in [-0.39, 0.29) is 30.4 Å². The quantitative estimate of drug-likeness (QED) is 0.212. The lowest BCUT2D eigenvalue weighted by molar-refractivity contribution is -0.253. The summed E-state index contributed by atoms with van der Waals surface area (Å²) in [5, 5.41) is 16.3. The van der Waals surface area contributed by atoms with Gasteiger partial charge < -0.3 is 30.1 Å². The maximum atomic E-state index is 13.2. The van der Waals surface area contributed by atoms with Crippen LogP contribution in [0.15, 0.2) is 72.8 Å². The summed E-state index contributed by atoms with van der Waals surface area (Å²) in [6.07, 6.45) is 14.4. The van der Waals surface area contributed by atoms with Gasteiger partial charge in [-0.3, -0.25) is 0 Å². The molecule has 3 atom stereocenters. The zero-order chi connectivity index (χ0) is 33.9. The Labute approximate surface area is 298 Å². The number of urea groups is 1. The predicted molar refractivity (Wildman–Crippen MR) is 196 cm³/mol. The van der Waals surface area contributed by atoms with Crippen molar-refractivity contribution in [1.29, 1.82) is 0 Å². The molecule has 7 nitrogen and oxygen atoms in total. The lowest BCUT2D eigenvalue weighted by Gasteiger charge is -2.56. The molecule has 0 aromatic heterocycles. The summed E-state index contributed by atoms with van der Waals surface area (Å²) in [7, 11) is 0. The standard InChI is InChI=1S/C43H55N3O4/c47-29-30-10-12-35(13-11-30)40-23-38(28-46-18-6-2-1-3-7-19-46)49-41(50-40)36-16-14-34(15-17-36)39-9-5-4-8-37(39)27-44-42(48)45-43-24-31-20-32(25-43)22-33(21-31)26-43/h4-5,8-17,31-33,38,40-41,47H,1-3,6-7,18-29H2,(H2,44,45,48)/t31?,32?,33?,38-,40+,41+,43?/m1/s1. The lowest BCUT2D eigenvalue weighted by atomic mass is 9.53. The van der Waals surface area contributed by atoms with Crippen LogP contribution >= 0.6 is 0 Å². The van der Waals surface area contributed by atoms with Crippen LogP contribution in [0, 0.1) is 17.8 Å². The number of nitrogens with zero attached hydrogens (tertiary/aromatic N) is 1. The molecule has 266 valence electrons. The number of aliphatic hydroxyl groups is 1. The number of carbonyl (C=O) groups is 1. The van der Waals surface area contributed by atoms with Gasteiger partial charge in [-0.05, 0) is 110 Å². The van der Waals surface area contributed by atoms with Gasteiger partial charge in [0.25, 0.3) is 0 Å². The summed E-state index contributed by atoms with van der Waals surface area (Å²) < 4.78 is 13.4. The fraction of sp³-hybridized carbons (Fsp3) is 0.558. The molecule has 3 aromatic rings. The van der Waals surface area contributed by atoms with Crippen LogP contribution in [0.2, 0.25) is 0 Å². The average Bonchev–Trinajstić information content (AvgIpc) is 3.11. The van der Waals surface area contributed by atoms with Crippen molar-refractivity contribution in [2.75, 3.05) is 19.6 Å². The smallest absolute Gasteiger partial charge is 0.315 e. The number of hydrogen-bond acceptors (Lipinski definition) is 5. The van der Waals surface area contributed by atoms with Gasteiger partial charge in [-0.1, -0.05) is 92.1 Å². The van der Waals surface area contributed by atoms with Crippen LogP contribution in [0.4, 0.5) is 4.79 Å². The summed E-state index contributed by atoms with van der Waals surface area (Å²) in [6, 6.07) is 25.1. The third kappa shape index (κ3) is 7.81. The van der Waals surface area contributed by atoms with Crippen molar-refractivity contribution in [3.05, 3.63) is 95.1 Å². The zero-order valence-corrected chi connectivity index (χ0v) is 29.5. The molecule has 2 heterocycles. The molecule has 7 heteroatoms. The van der Waals surface area contributed by atoms with E-state index in [2.05, 4.69) is 76.2 Å². The second-order valence-corrected chi connectivity index (χ2v) is 16.2. The number of carbonyl (C=O) groups excluding carboxylic acids is 1. The Morgan fingerprint density at radius 3 is 2.08 bits per heavy atom. The largest absolute Gasteiger partial charge is 0.392 e. The van der Waals surface area contributed by atoms with Crippen molar-refractivity contribution in [2.24, 2.45) is 17.8 Å².